The van der Waals surface area contributed by atoms with Gasteiger partial charge in [-0.15, -0.1) is 0 Å². The Kier molecular flexibility index (Phi) is 4.81. The van der Waals surface area contributed by atoms with Crippen LogP contribution in [0, 0.1) is 0 Å². The minimum absolute atomic E-state index is 0.0470. The highest BCUT2D eigenvalue weighted by molar-refractivity contribution is 5.93. The molecule has 0 spiro atoms. The quantitative estimate of drug-likeness (QED) is 0.615. The van der Waals surface area contributed by atoms with Crippen LogP contribution in [0.25, 0.3) is 21.8 Å². The van der Waals surface area contributed by atoms with Gasteiger partial charge < -0.3 is 28.7 Å². The van der Waals surface area contributed by atoms with E-state index in [-0.39, 0.29) is 11.5 Å². The molecule has 5 atom stereocenters. The van der Waals surface area contributed by atoms with Crippen LogP contribution in [0.15, 0.2) is 58.5 Å². The Balaban J connectivity index is 1.19. The molecule has 3 aromatic rings. The number of nitrogens with zero attached hydrogens (tertiary/aromatic N) is 2. The molecule has 4 heterocycles. The summed E-state index contributed by atoms with van der Waals surface area (Å²) < 4.78 is 19.6. The van der Waals surface area contributed by atoms with Crippen molar-refractivity contribution >= 4 is 27.5 Å². The molecule has 2 fully saturated rings. The number of para-hydroxylation sites is 2. The number of pyridine rings is 1. The maximum absolute atomic E-state index is 12.9. The molecular weight excluding hydrogens is 424 g/mol. The molecule has 6 rings (SSSR count). The number of aryl methyl sites for hydroxylation is 1. The normalized spacial score (nSPS) is 30.5. The summed E-state index contributed by atoms with van der Waals surface area (Å²) in [6.45, 7) is 4.26. The Bertz CT molecular complexity index is 1260. The second-order valence-corrected chi connectivity index (χ2v) is 9.33. The summed E-state index contributed by atoms with van der Waals surface area (Å²) in [6, 6.07) is 15.4. The van der Waals surface area contributed by atoms with Gasteiger partial charge in [-0.25, -0.2) is 0 Å². The third-order valence-corrected chi connectivity index (χ3v) is 6.65. The molecule has 0 radical (unpaired) electrons. The van der Waals surface area contributed by atoms with Crippen molar-refractivity contribution in [1.82, 2.24) is 4.57 Å². The first-order valence-electron chi connectivity index (χ1n) is 11.3. The third-order valence-electron chi connectivity index (χ3n) is 6.65. The van der Waals surface area contributed by atoms with Gasteiger partial charge in [0.2, 0.25) is 0 Å². The number of aliphatic hydroxyl groups is 1. The Hall–Kier alpha value is -2.78. The van der Waals surface area contributed by atoms with Crippen molar-refractivity contribution < 1.29 is 24.2 Å². The van der Waals surface area contributed by atoms with Crippen molar-refractivity contribution in [3.63, 3.8) is 0 Å². The van der Waals surface area contributed by atoms with E-state index in [0.717, 1.165) is 11.0 Å². The van der Waals surface area contributed by atoms with Crippen LogP contribution >= 0.6 is 0 Å². The van der Waals surface area contributed by atoms with Crippen LogP contribution in [-0.4, -0.2) is 51.9 Å². The summed E-state index contributed by atoms with van der Waals surface area (Å²) in [5.41, 5.74) is 2.52. The molecule has 1 aromatic heterocycles. The maximum atomic E-state index is 12.9. The third kappa shape index (κ3) is 3.45. The van der Waals surface area contributed by atoms with Crippen LogP contribution < -0.4 is 5.43 Å². The van der Waals surface area contributed by atoms with E-state index in [0.29, 0.717) is 35.9 Å². The summed E-state index contributed by atoms with van der Waals surface area (Å²) in [4.78, 5) is 18.6. The average molecular weight is 450 g/mol. The highest BCUT2D eigenvalue weighted by Gasteiger charge is 2.56. The number of oxime groups is 1. The average Bonchev–Trinajstić information content (AvgIpc) is 3.47. The van der Waals surface area contributed by atoms with Crippen molar-refractivity contribution in [3.05, 3.63) is 58.8 Å². The predicted octanol–water partition coefficient (Wildman–Crippen LogP) is 2.93. The van der Waals surface area contributed by atoms with E-state index >= 15 is 0 Å². The fraction of sp³-hybridized carbons (Fsp3) is 0.440. The Morgan fingerprint density at radius 1 is 1.06 bits per heavy atom. The SMILES string of the molecule is CC1(C)OC2C(O)[C@@H](C3=NOC(CCn4c5ccccc5c(=O)c5ccccc54)C3)O[C@H]2O1. The molecule has 33 heavy (non-hydrogen) atoms. The molecule has 8 heteroatoms. The Morgan fingerprint density at radius 2 is 1.73 bits per heavy atom. The van der Waals surface area contributed by atoms with Gasteiger partial charge in [0.05, 0.1) is 16.7 Å². The lowest BCUT2D eigenvalue weighted by molar-refractivity contribution is -0.207. The number of hydrogen-bond acceptors (Lipinski definition) is 7. The zero-order valence-electron chi connectivity index (χ0n) is 18.5. The van der Waals surface area contributed by atoms with Crippen LogP contribution in [0.2, 0.25) is 0 Å². The molecule has 0 amide bonds. The molecule has 3 aliphatic heterocycles. The highest BCUT2D eigenvalue weighted by Crippen LogP contribution is 2.39. The number of rotatable bonds is 4. The lowest BCUT2D eigenvalue weighted by Gasteiger charge is -2.22. The van der Waals surface area contributed by atoms with Crippen LogP contribution in [0.5, 0.6) is 0 Å². The zero-order valence-corrected chi connectivity index (χ0v) is 18.5. The minimum Gasteiger partial charge on any atom is -0.392 e. The van der Waals surface area contributed by atoms with E-state index in [2.05, 4.69) is 9.72 Å². The highest BCUT2D eigenvalue weighted by atomic mass is 16.8. The monoisotopic (exact) mass is 450 g/mol. The van der Waals surface area contributed by atoms with Gasteiger partial charge in [0.25, 0.3) is 0 Å². The smallest absolute Gasteiger partial charge is 0.197 e. The van der Waals surface area contributed by atoms with Crippen molar-refractivity contribution in [2.24, 2.45) is 5.16 Å². The lowest BCUT2D eigenvalue weighted by Crippen LogP contribution is -2.38. The predicted molar refractivity (Wildman–Crippen MR) is 122 cm³/mol. The van der Waals surface area contributed by atoms with Crippen molar-refractivity contribution in [2.75, 3.05) is 0 Å². The number of ether oxygens (including phenoxy) is 3. The van der Waals surface area contributed by atoms with Crippen molar-refractivity contribution in [1.29, 1.82) is 0 Å². The molecule has 2 aromatic carbocycles. The first-order valence-corrected chi connectivity index (χ1v) is 11.3. The summed E-state index contributed by atoms with van der Waals surface area (Å²) in [5, 5.41) is 16.3. The van der Waals surface area contributed by atoms with E-state index < -0.39 is 30.4 Å². The zero-order chi connectivity index (χ0) is 22.7. The molecular formula is C25H26N2O6. The number of aliphatic hydroxyl groups excluding tert-OH is 1. The topological polar surface area (TPSA) is 91.5 Å². The summed E-state index contributed by atoms with van der Waals surface area (Å²) in [5.74, 6) is -0.778. The summed E-state index contributed by atoms with van der Waals surface area (Å²) in [7, 11) is 0. The van der Waals surface area contributed by atoms with E-state index in [1.165, 1.54) is 0 Å². The van der Waals surface area contributed by atoms with E-state index in [1.807, 2.05) is 48.5 Å². The molecule has 0 saturated carbocycles. The van der Waals surface area contributed by atoms with Gasteiger partial charge in [0.15, 0.2) is 17.5 Å². The van der Waals surface area contributed by atoms with E-state index in [1.54, 1.807) is 13.8 Å². The molecule has 3 aliphatic rings. The van der Waals surface area contributed by atoms with Crippen molar-refractivity contribution in [2.45, 2.75) is 69.7 Å². The van der Waals surface area contributed by atoms with E-state index in [9.17, 15) is 9.90 Å². The number of hydrogen-bond donors (Lipinski definition) is 1. The maximum Gasteiger partial charge on any atom is 0.197 e. The Morgan fingerprint density at radius 3 is 2.39 bits per heavy atom. The van der Waals surface area contributed by atoms with Gasteiger partial charge in [-0.3, -0.25) is 4.79 Å². The molecule has 1 N–H and O–H groups in total. The summed E-state index contributed by atoms with van der Waals surface area (Å²) >= 11 is 0. The number of aromatic nitrogens is 1. The number of benzene rings is 2. The van der Waals surface area contributed by atoms with Crippen LogP contribution in [-0.2, 0) is 25.6 Å². The molecule has 8 nitrogen and oxygen atoms in total. The van der Waals surface area contributed by atoms with Crippen LogP contribution in [0.1, 0.15) is 26.7 Å². The second kappa shape index (κ2) is 7.63. The standard InChI is InChI=1S/C25H26N2O6/c1-25(2)31-23-21(29)22(30-24(23)32-25)17-13-14(33-26-17)11-12-27-18-9-5-3-7-15(18)20(28)16-8-4-6-10-19(16)27/h3-10,14,21-24,29H,11-13H2,1-2H3/t14?,21?,22-,23?,24+/m1/s1. The van der Waals surface area contributed by atoms with Gasteiger partial charge >= 0.3 is 0 Å². The van der Waals surface area contributed by atoms with Crippen LogP contribution in [0.4, 0.5) is 0 Å². The second-order valence-electron chi connectivity index (χ2n) is 9.33. The first kappa shape index (κ1) is 20.8. The molecule has 3 unspecified atom stereocenters. The molecule has 172 valence electrons. The summed E-state index contributed by atoms with van der Waals surface area (Å²) in [6.07, 6.45) is -1.50. The fourth-order valence-electron chi connectivity index (χ4n) is 5.13. The van der Waals surface area contributed by atoms with Gasteiger partial charge in [-0.05, 0) is 38.1 Å². The van der Waals surface area contributed by atoms with Gasteiger partial charge in [-0.1, -0.05) is 29.4 Å². The van der Waals surface area contributed by atoms with Gasteiger partial charge in [0, 0.05) is 30.2 Å². The minimum atomic E-state index is -0.857. The van der Waals surface area contributed by atoms with Gasteiger partial charge in [0.1, 0.15) is 24.4 Å². The largest absolute Gasteiger partial charge is 0.392 e. The number of fused-ring (bicyclic) bond motifs is 3. The van der Waals surface area contributed by atoms with Crippen LogP contribution in [0.3, 0.4) is 0 Å². The lowest BCUT2D eigenvalue weighted by atomic mass is 10.0. The molecule has 0 bridgehead atoms. The fourth-order valence-corrected chi connectivity index (χ4v) is 5.13. The molecule has 0 aliphatic carbocycles. The van der Waals surface area contributed by atoms with Crippen molar-refractivity contribution in [3.8, 4) is 0 Å². The van der Waals surface area contributed by atoms with E-state index in [4.69, 9.17) is 19.0 Å². The molecule has 2 saturated heterocycles. The Labute approximate surface area is 190 Å². The first-order chi connectivity index (χ1) is 15.9. The van der Waals surface area contributed by atoms with Gasteiger partial charge in [-0.2, -0.15) is 0 Å².